The number of primary amides is 1. The first-order valence-corrected chi connectivity index (χ1v) is 15.6. The van der Waals surface area contributed by atoms with Gasteiger partial charge >= 0.3 is 6.18 Å². The van der Waals surface area contributed by atoms with E-state index in [0.717, 1.165) is 18.6 Å². The van der Waals surface area contributed by atoms with Crippen LogP contribution in [0.4, 0.5) is 13.2 Å². The summed E-state index contributed by atoms with van der Waals surface area (Å²) in [7, 11) is -1.72. The van der Waals surface area contributed by atoms with Crippen molar-refractivity contribution in [3.05, 3.63) is 64.7 Å². The molecule has 2 aromatic rings. The van der Waals surface area contributed by atoms with E-state index in [-0.39, 0.29) is 41.3 Å². The lowest BCUT2D eigenvalue weighted by molar-refractivity contribution is -0.139. The highest BCUT2D eigenvalue weighted by Gasteiger charge is 2.47. The Morgan fingerprint density at radius 2 is 1.78 bits per heavy atom. The highest BCUT2D eigenvalue weighted by Crippen LogP contribution is 2.43. The molecule has 0 aromatic heterocycles. The first-order chi connectivity index (χ1) is 19.1. The topological polar surface area (TPSA) is 101 Å². The van der Waals surface area contributed by atoms with Gasteiger partial charge in [0.05, 0.1) is 22.1 Å². The Bertz CT molecular complexity index is 1410. The number of benzene rings is 2. The number of aryl methyl sites for hydroxylation is 1. The number of carbonyl (C=O) groups excluding carboxylic acids is 2. The number of carbonyl (C=O) groups is 2. The van der Waals surface area contributed by atoms with Crippen LogP contribution in [0.25, 0.3) is 0 Å². The minimum atomic E-state index is -4.78. The Morgan fingerprint density at radius 1 is 1.10 bits per heavy atom. The highest BCUT2D eigenvalue weighted by molar-refractivity contribution is 7.91. The summed E-state index contributed by atoms with van der Waals surface area (Å²) in [6.45, 7) is 6.04. The van der Waals surface area contributed by atoms with E-state index >= 15 is 0 Å². The summed E-state index contributed by atoms with van der Waals surface area (Å²) < 4.78 is 69.3. The third-order valence-electron chi connectivity index (χ3n) is 8.83. The third kappa shape index (κ3) is 6.30. The minimum Gasteiger partial charge on any atom is -0.366 e. The SMILES string of the molecule is Cc1ccccc1S(=O)(=O)C[C@@H]1C[C@H](N(C)C(C)C)CC[C@@H]1N1CC[C@@H](c2c(C(N)=O)cccc2C(F)(F)F)C1=O. The number of amides is 2. The van der Waals surface area contributed by atoms with Crippen molar-refractivity contribution < 1.29 is 31.2 Å². The van der Waals surface area contributed by atoms with Gasteiger partial charge < -0.3 is 15.5 Å². The summed E-state index contributed by atoms with van der Waals surface area (Å²) in [5, 5.41) is 0. The first kappa shape index (κ1) is 31.0. The number of nitrogens with zero attached hydrogens (tertiary/aromatic N) is 2. The van der Waals surface area contributed by atoms with Gasteiger partial charge in [-0.05, 0) is 88.7 Å². The average molecular weight is 594 g/mol. The molecule has 2 fully saturated rings. The van der Waals surface area contributed by atoms with E-state index in [4.69, 9.17) is 5.73 Å². The molecule has 2 aromatic carbocycles. The second-order valence-corrected chi connectivity index (χ2v) is 13.6. The Hall–Kier alpha value is -2.92. The Morgan fingerprint density at radius 3 is 2.39 bits per heavy atom. The molecule has 2 amide bonds. The second kappa shape index (κ2) is 11.8. The predicted molar refractivity (Wildman–Crippen MR) is 150 cm³/mol. The maximum Gasteiger partial charge on any atom is 0.416 e. The summed E-state index contributed by atoms with van der Waals surface area (Å²) in [5.41, 5.74) is 4.32. The lowest BCUT2D eigenvalue weighted by atomic mass is 9.80. The molecule has 41 heavy (non-hydrogen) atoms. The number of hydrogen-bond acceptors (Lipinski definition) is 5. The van der Waals surface area contributed by atoms with Gasteiger partial charge in [-0.1, -0.05) is 24.3 Å². The van der Waals surface area contributed by atoms with Crippen LogP contribution in [0.1, 0.15) is 72.5 Å². The first-order valence-electron chi connectivity index (χ1n) is 13.9. The van der Waals surface area contributed by atoms with E-state index in [9.17, 15) is 31.2 Å². The zero-order chi connectivity index (χ0) is 30.3. The number of rotatable bonds is 8. The summed E-state index contributed by atoms with van der Waals surface area (Å²) in [6.07, 6.45) is -2.92. The Labute approximate surface area is 239 Å². The number of halogens is 3. The zero-order valence-corrected chi connectivity index (χ0v) is 24.6. The van der Waals surface area contributed by atoms with Crippen LogP contribution < -0.4 is 5.73 Å². The maximum absolute atomic E-state index is 14.0. The summed E-state index contributed by atoms with van der Waals surface area (Å²) in [4.78, 5) is 30.0. The molecule has 1 saturated carbocycles. The van der Waals surface area contributed by atoms with Crippen molar-refractivity contribution in [3.8, 4) is 0 Å². The Kier molecular flexibility index (Phi) is 8.90. The van der Waals surface area contributed by atoms with Crippen LogP contribution in [0.15, 0.2) is 47.4 Å². The Balaban J connectivity index is 1.70. The standard InChI is InChI=1S/C30H38F3N3O4S/c1-18(2)35(4)21-12-13-25(20(16-21)17-41(39,40)26-11-6-5-8-19(26)3)36-15-14-23(29(36)38)27-22(28(34)37)9-7-10-24(27)30(31,32)33/h5-11,18,20-21,23,25H,12-17H2,1-4H3,(H2,34,37)/t20-,21+,23-,25-/m0/s1. The van der Waals surface area contributed by atoms with Gasteiger partial charge in [0.25, 0.3) is 0 Å². The smallest absolute Gasteiger partial charge is 0.366 e. The van der Waals surface area contributed by atoms with E-state index in [1.165, 1.54) is 6.07 Å². The molecule has 2 N–H and O–H groups in total. The van der Waals surface area contributed by atoms with Crippen LogP contribution >= 0.6 is 0 Å². The molecular weight excluding hydrogens is 555 g/mol. The molecule has 1 aliphatic carbocycles. The van der Waals surface area contributed by atoms with E-state index in [2.05, 4.69) is 18.7 Å². The number of hydrogen-bond donors (Lipinski definition) is 1. The van der Waals surface area contributed by atoms with Gasteiger partial charge in [0.2, 0.25) is 11.8 Å². The van der Waals surface area contributed by atoms with Crippen LogP contribution in [-0.4, -0.2) is 67.5 Å². The molecule has 11 heteroatoms. The normalized spacial score (nSPS) is 23.9. The van der Waals surface area contributed by atoms with E-state index in [1.54, 1.807) is 36.1 Å². The van der Waals surface area contributed by atoms with Crippen LogP contribution in [0.3, 0.4) is 0 Å². The molecule has 1 aliphatic heterocycles. The molecule has 224 valence electrons. The minimum absolute atomic E-state index is 0.0787. The number of nitrogens with two attached hydrogens (primary N) is 1. The molecule has 7 nitrogen and oxygen atoms in total. The van der Waals surface area contributed by atoms with Crippen molar-refractivity contribution in [1.82, 2.24) is 9.80 Å². The molecular formula is C30H38F3N3O4S. The third-order valence-corrected chi connectivity index (χ3v) is 10.8. The van der Waals surface area contributed by atoms with Gasteiger partial charge in [0.15, 0.2) is 9.84 Å². The number of likely N-dealkylation sites (tertiary alicyclic amines) is 1. The van der Waals surface area contributed by atoms with Crippen molar-refractivity contribution in [3.63, 3.8) is 0 Å². The number of sulfone groups is 1. The van der Waals surface area contributed by atoms with Crippen molar-refractivity contribution in [1.29, 1.82) is 0 Å². The fourth-order valence-corrected chi connectivity index (χ4v) is 8.53. The molecule has 4 atom stereocenters. The van der Waals surface area contributed by atoms with Crippen molar-refractivity contribution in [2.24, 2.45) is 11.7 Å². The van der Waals surface area contributed by atoms with Gasteiger partial charge in [-0.25, -0.2) is 8.42 Å². The molecule has 0 radical (unpaired) electrons. The average Bonchev–Trinajstić information content (AvgIpc) is 3.27. The van der Waals surface area contributed by atoms with Crippen molar-refractivity contribution in [2.45, 2.75) is 81.6 Å². The van der Waals surface area contributed by atoms with Crippen LogP contribution in [0.2, 0.25) is 0 Å². The summed E-state index contributed by atoms with van der Waals surface area (Å²) in [6, 6.07) is 9.83. The number of alkyl halides is 3. The van der Waals surface area contributed by atoms with Gasteiger partial charge in [-0.2, -0.15) is 13.2 Å². The summed E-state index contributed by atoms with van der Waals surface area (Å²) in [5.74, 6) is -3.35. The van der Waals surface area contributed by atoms with Gasteiger partial charge in [0.1, 0.15) is 0 Å². The van der Waals surface area contributed by atoms with Gasteiger partial charge in [-0.15, -0.1) is 0 Å². The molecule has 0 spiro atoms. The van der Waals surface area contributed by atoms with Gasteiger partial charge in [0, 0.05) is 30.2 Å². The highest BCUT2D eigenvalue weighted by atomic mass is 32.2. The van der Waals surface area contributed by atoms with Crippen molar-refractivity contribution in [2.75, 3.05) is 19.3 Å². The molecule has 0 unspecified atom stereocenters. The van der Waals surface area contributed by atoms with Crippen LogP contribution in [0.5, 0.6) is 0 Å². The zero-order valence-electron chi connectivity index (χ0n) is 23.8. The molecule has 4 rings (SSSR count). The van der Waals surface area contributed by atoms with E-state index in [1.807, 2.05) is 7.05 Å². The van der Waals surface area contributed by atoms with Crippen molar-refractivity contribution >= 4 is 21.7 Å². The largest absolute Gasteiger partial charge is 0.416 e. The predicted octanol–water partition coefficient (Wildman–Crippen LogP) is 4.78. The van der Waals surface area contributed by atoms with E-state index in [0.29, 0.717) is 18.4 Å². The summed E-state index contributed by atoms with van der Waals surface area (Å²) >= 11 is 0. The van der Waals surface area contributed by atoms with E-state index < -0.39 is 56.8 Å². The maximum atomic E-state index is 14.0. The quantitative estimate of drug-likeness (QED) is 0.475. The molecule has 1 heterocycles. The monoisotopic (exact) mass is 593 g/mol. The van der Waals surface area contributed by atoms with Gasteiger partial charge in [-0.3, -0.25) is 9.59 Å². The fraction of sp³-hybridized carbons (Fsp3) is 0.533. The van der Waals surface area contributed by atoms with Crippen LogP contribution in [-0.2, 0) is 20.8 Å². The molecule has 1 saturated heterocycles. The second-order valence-electron chi connectivity index (χ2n) is 11.6. The fourth-order valence-electron chi connectivity index (χ4n) is 6.58. The lowest BCUT2D eigenvalue weighted by Gasteiger charge is -2.44. The molecule has 0 bridgehead atoms. The van der Waals surface area contributed by atoms with Crippen LogP contribution in [0, 0.1) is 12.8 Å². The lowest BCUT2D eigenvalue weighted by Crippen LogP contribution is -2.51. The molecule has 2 aliphatic rings.